The fraction of sp³-hybridized carbons (Fsp3) is 0.955. The number of carbonyl (C=O) groups excluding carboxylic acids is 2. The number of ether oxygens (including phenoxy) is 1. The molecule has 0 radical (unpaired) electrons. The van der Waals surface area contributed by atoms with Crippen LogP contribution in [0.3, 0.4) is 0 Å². The van der Waals surface area contributed by atoms with Gasteiger partial charge in [-0.1, -0.05) is 463 Å². The maximum absolute atomic E-state index is 12.6. The van der Waals surface area contributed by atoms with Gasteiger partial charge in [0.15, 0.2) is 0 Å². The zero-order valence-corrected chi connectivity index (χ0v) is 64.5. The summed E-state index contributed by atoms with van der Waals surface area (Å²) in [6, 6.07) is -0.539. The maximum Gasteiger partial charge on any atom is 0.305 e. The number of carbonyl (C=O) groups is 2. The number of hydrogen-bond acceptors (Lipinski definition) is 5. The third-order valence-electron chi connectivity index (χ3n) is 21.1. The van der Waals surface area contributed by atoms with Gasteiger partial charge in [-0.05, 0) is 51.4 Å². The third-order valence-corrected chi connectivity index (χ3v) is 21.1. The van der Waals surface area contributed by atoms with Crippen LogP contribution >= 0.6 is 0 Å². The van der Waals surface area contributed by atoms with E-state index in [2.05, 4.69) is 31.3 Å². The highest BCUT2D eigenvalue weighted by Crippen LogP contribution is 2.21. The first-order valence-corrected chi connectivity index (χ1v) is 43.9. The largest absolute Gasteiger partial charge is 0.466 e. The van der Waals surface area contributed by atoms with E-state index in [0.29, 0.717) is 25.9 Å². The zero-order chi connectivity index (χ0) is 67.7. The summed E-state index contributed by atoms with van der Waals surface area (Å²) in [4.78, 5) is 24.7. The topological polar surface area (TPSA) is 95.9 Å². The summed E-state index contributed by atoms with van der Waals surface area (Å²) in [5.41, 5.74) is 0. The molecule has 0 rings (SSSR count). The number of amides is 1. The summed E-state index contributed by atoms with van der Waals surface area (Å²) in [7, 11) is 0. The Balaban J connectivity index is 3.31. The average Bonchev–Trinajstić information content (AvgIpc) is 3.74. The molecule has 560 valence electrons. The number of aliphatic hydroxyl groups is 2. The Morgan fingerprint density at radius 1 is 0.287 bits per heavy atom. The van der Waals surface area contributed by atoms with E-state index in [4.69, 9.17) is 4.74 Å². The van der Waals surface area contributed by atoms with Crippen molar-refractivity contribution < 1.29 is 24.5 Å². The minimum Gasteiger partial charge on any atom is -0.466 e. The van der Waals surface area contributed by atoms with Crippen LogP contribution in [0.1, 0.15) is 515 Å². The van der Waals surface area contributed by atoms with Crippen LogP contribution in [0.5, 0.6) is 0 Å². The fourth-order valence-electron chi connectivity index (χ4n) is 14.4. The van der Waals surface area contributed by atoms with Gasteiger partial charge in [0.05, 0.1) is 25.4 Å². The normalized spacial score (nSPS) is 12.4. The lowest BCUT2D eigenvalue weighted by Gasteiger charge is -2.22. The molecule has 0 saturated carbocycles. The monoisotopic (exact) mass is 1320 g/mol. The van der Waals surface area contributed by atoms with Crippen LogP contribution in [0.15, 0.2) is 12.2 Å². The predicted molar refractivity (Wildman–Crippen MR) is 417 cm³/mol. The van der Waals surface area contributed by atoms with Crippen LogP contribution in [-0.4, -0.2) is 47.4 Å². The summed E-state index contributed by atoms with van der Waals surface area (Å²) in [6.07, 6.45) is 108. The Morgan fingerprint density at radius 3 is 0.755 bits per heavy atom. The van der Waals surface area contributed by atoms with Crippen LogP contribution in [-0.2, 0) is 14.3 Å². The van der Waals surface area contributed by atoms with Gasteiger partial charge < -0.3 is 20.3 Å². The van der Waals surface area contributed by atoms with E-state index in [1.807, 2.05) is 0 Å². The van der Waals surface area contributed by atoms with Crippen LogP contribution in [0.4, 0.5) is 0 Å². The third kappa shape index (κ3) is 79.6. The Hall–Kier alpha value is -1.40. The molecule has 0 heterocycles. The van der Waals surface area contributed by atoms with Crippen molar-refractivity contribution in [3.63, 3.8) is 0 Å². The molecular formula is C88H173NO5. The number of hydrogen-bond donors (Lipinski definition) is 3. The van der Waals surface area contributed by atoms with E-state index in [9.17, 15) is 19.8 Å². The van der Waals surface area contributed by atoms with Crippen molar-refractivity contribution in [2.45, 2.75) is 527 Å². The van der Waals surface area contributed by atoms with Gasteiger partial charge in [0.2, 0.25) is 5.91 Å². The molecule has 0 spiro atoms. The van der Waals surface area contributed by atoms with Crippen LogP contribution in [0.25, 0.3) is 0 Å². The van der Waals surface area contributed by atoms with Crippen molar-refractivity contribution in [3.05, 3.63) is 12.2 Å². The minimum atomic E-state index is -0.662. The molecule has 6 nitrogen and oxygen atoms in total. The van der Waals surface area contributed by atoms with Gasteiger partial charge in [0.25, 0.3) is 0 Å². The summed E-state index contributed by atoms with van der Waals surface area (Å²) >= 11 is 0. The smallest absolute Gasteiger partial charge is 0.305 e. The molecule has 94 heavy (non-hydrogen) atoms. The summed E-state index contributed by atoms with van der Waals surface area (Å²) in [5.74, 6) is 0.00344. The molecule has 0 aromatic heterocycles. The Morgan fingerprint density at radius 2 is 0.500 bits per heavy atom. The van der Waals surface area contributed by atoms with E-state index in [0.717, 1.165) is 38.5 Å². The van der Waals surface area contributed by atoms with E-state index in [1.54, 1.807) is 0 Å². The molecule has 2 unspecified atom stereocenters. The molecule has 0 aromatic rings. The van der Waals surface area contributed by atoms with Crippen molar-refractivity contribution >= 4 is 11.9 Å². The first-order chi connectivity index (χ1) is 46.5. The van der Waals surface area contributed by atoms with Crippen molar-refractivity contribution in [2.24, 2.45) is 0 Å². The van der Waals surface area contributed by atoms with Gasteiger partial charge in [0.1, 0.15) is 0 Å². The van der Waals surface area contributed by atoms with Crippen molar-refractivity contribution in [2.75, 3.05) is 13.2 Å². The lowest BCUT2D eigenvalue weighted by molar-refractivity contribution is -0.143. The summed E-state index contributed by atoms with van der Waals surface area (Å²) < 4.78 is 5.52. The Kier molecular flexibility index (Phi) is 82.8. The quantitative estimate of drug-likeness (QED) is 0.0320. The van der Waals surface area contributed by atoms with E-state index in [-0.39, 0.29) is 18.5 Å². The lowest BCUT2D eigenvalue weighted by atomic mass is 10.0. The first-order valence-electron chi connectivity index (χ1n) is 43.9. The highest BCUT2D eigenvalue weighted by molar-refractivity contribution is 5.76. The molecule has 0 aromatic carbocycles. The highest BCUT2D eigenvalue weighted by atomic mass is 16.5. The number of unbranched alkanes of at least 4 members (excludes halogenated alkanes) is 71. The lowest BCUT2D eigenvalue weighted by Crippen LogP contribution is -2.45. The highest BCUT2D eigenvalue weighted by Gasteiger charge is 2.20. The van der Waals surface area contributed by atoms with Gasteiger partial charge in [-0.15, -0.1) is 0 Å². The molecule has 0 aliphatic rings. The number of allylic oxidation sites excluding steroid dienone is 2. The molecule has 0 aliphatic carbocycles. The van der Waals surface area contributed by atoms with Gasteiger partial charge >= 0.3 is 5.97 Å². The number of esters is 1. The molecular weight excluding hydrogens is 1150 g/mol. The van der Waals surface area contributed by atoms with Crippen molar-refractivity contribution in [3.8, 4) is 0 Å². The van der Waals surface area contributed by atoms with Gasteiger partial charge in [-0.2, -0.15) is 0 Å². The van der Waals surface area contributed by atoms with E-state index < -0.39 is 12.1 Å². The second-order valence-electron chi connectivity index (χ2n) is 30.6. The second kappa shape index (κ2) is 84.0. The average molecular weight is 1330 g/mol. The molecule has 6 heteroatoms. The molecule has 3 N–H and O–H groups in total. The Labute approximate surface area is 590 Å². The molecule has 0 saturated heterocycles. The minimum absolute atomic E-state index is 0.0245. The molecule has 0 bridgehead atoms. The van der Waals surface area contributed by atoms with Crippen LogP contribution in [0, 0.1) is 0 Å². The number of aliphatic hydroxyl groups excluding tert-OH is 2. The van der Waals surface area contributed by atoms with Gasteiger partial charge in [-0.3, -0.25) is 9.59 Å². The molecule has 0 fully saturated rings. The predicted octanol–water partition coefficient (Wildman–Crippen LogP) is 29.4. The van der Waals surface area contributed by atoms with E-state index in [1.165, 1.54) is 443 Å². The Bertz CT molecular complexity index is 1430. The van der Waals surface area contributed by atoms with Gasteiger partial charge in [-0.25, -0.2) is 0 Å². The number of rotatable bonds is 84. The summed E-state index contributed by atoms with van der Waals surface area (Å²) in [6.45, 7) is 5.03. The molecule has 0 aliphatic heterocycles. The summed E-state index contributed by atoms with van der Waals surface area (Å²) in [5, 5.41) is 23.5. The standard InChI is InChI=1S/C88H173NO5/c1-3-5-7-9-11-13-15-17-19-21-22-42-45-49-52-56-60-64-68-72-76-80-86(91)85(84-90)89-87(92)81-77-73-69-65-61-57-53-50-46-43-40-38-36-34-32-30-28-26-24-23-25-27-29-31-33-35-37-39-41-44-47-51-55-59-63-67-71-75-79-83-94-88(93)82-78-74-70-66-62-58-54-48-20-18-16-14-12-10-8-6-4-2/h23-24,85-86,90-91H,3-22,25-84H2,1-2H3,(H,89,92)/b24-23-. The maximum atomic E-state index is 12.6. The SMILES string of the molecule is CCCCCCCCCCCCCCCCCCCCCCCC(O)C(CO)NC(=O)CCCCCCCCCCCCCCCCCCC/C=C\CCCCCCCCCCCCCCCCCCCCOC(=O)CCCCCCCCCCCCCCCCCCC. The van der Waals surface area contributed by atoms with Crippen molar-refractivity contribution in [1.82, 2.24) is 5.32 Å². The zero-order valence-electron chi connectivity index (χ0n) is 64.5. The van der Waals surface area contributed by atoms with Gasteiger partial charge in [0, 0.05) is 12.8 Å². The molecule has 2 atom stereocenters. The second-order valence-corrected chi connectivity index (χ2v) is 30.6. The van der Waals surface area contributed by atoms with E-state index >= 15 is 0 Å². The fourth-order valence-corrected chi connectivity index (χ4v) is 14.4. The molecule has 1 amide bonds. The first kappa shape index (κ1) is 92.6. The van der Waals surface area contributed by atoms with Crippen LogP contribution in [0.2, 0.25) is 0 Å². The van der Waals surface area contributed by atoms with Crippen LogP contribution < -0.4 is 5.32 Å². The number of nitrogens with one attached hydrogen (secondary N) is 1. The van der Waals surface area contributed by atoms with Crippen molar-refractivity contribution in [1.29, 1.82) is 0 Å².